The minimum absolute atomic E-state index is 0. The van der Waals surface area contributed by atoms with Crippen molar-refractivity contribution in [3.63, 3.8) is 0 Å². The number of hydrogen-bond donors (Lipinski definition) is 1. The molecule has 0 spiro atoms. The molecule has 0 atom stereocenters. The predicted octanol–water partition coefficient (Wildman–Crippen LogP) is 3.24. The number of hydrogen-bond acceptors (Lipinski definition) is 2. The van der Waals surface area contributed by atoms with Gasteiger partial charge in [0.2, 0.25) is 0 Å². The van der Waals surface area contributed by atoms with Crippen LogP contribution < -0.4 is 10.2 Å². The minimum Gasteiger partial charge on any atom is -0.364 e. The number of anilines is 1. The van der Waals surface area contributed by atoms with Crippen LogP contribution in [0.4, 0.5) is 5.69 Å². The van der Waals surface area contributed by atoms with Crippen molar-refractivity contribution in [3.05, 3.63) is 42.0 Å². The Hall–Kier alpha value is -1.24. The number of aliphatic imine (C=N–C) groups is 1. The number of halogens is 1. The smallest absolute Gasteiger partial charge is 0.194 e. The first-order chi connectivity index (χ1) is 10.9. The maximum absolute atomic E-state index is 4.83. The normalized spacial score (nSPS) is 17.5. The number of nitrogens with one attached hydrogen (secondary N) is 1. The summed E-state index contributed by atoms with van der Waals surface area (Å²) >= 11 is 0. The van der Waals surface area contributed by atoms with Crippen molar-refractivity contribution in [2.45, 2.75) is 26.3 Å². The molecule has 4 nitrogen and oxygen atoms in total. The average molecular weight is 426 g/mol. The minimum atomic E-state index is 0. The van der Waals surface area contributed by atoms with Crippen LogP contribution in [0, 0.1) is 0 Å². The molecule has 0 aromatic heterocycles. The molecule has 126 valence electrons. The Bertz CT molecular complexity index is 542. The summed E-state index contributed by atoms with van der Waals surface area (Å²) in [6.45, 7) is 8.10. The van der Waals surface area contributed by atoms with Crippen LogP contribution in [0.5, 0.6) is 0 Å². The fourth-order valence-corrected chi connectivity index (χ4v) is 3.06. The predicted molar refractivity (Wildman–Crippen MR) is 109 cm³/mol. The lowest BCUT2D eigenvalue weighted by Gasteiger charge is -2.21. The van der Waals surface area contributed by atoms with Crippen LogP contribution >= 0.6 is 24.0 Å². The highest BCUT2D eigenvalue weighted by atomic mass is 127. The lowest BCUT2D eigenvalue weighted by atomic mass is 10.2. The zero-order chi connectivity index (χ0) is 15.2. The molecule has 2 aliphatic rings. The molecule has 0 radical (unpaired) electrons. The van der Waals surface area contributed by atoms with Crippen LogP contribution in [0.15, 0.2) is 41.4 Å². The third-order valence-corrected chi connectivity index (χ3v) is 4.25. The van der Waals surface area contributed by atoms with Crippen molar-refractivity contribution in [3.8, 4) is 0 Å². The average Bonchev–Trinajstić information content (AvgIpc) is 3.24. The highest BCUT2D eigenvalue weighted by Crippen LogP contribution is 2.19. The van der Waals surface area contributed by atoms with Gasteiger partial charge in [-0.05, 0) is 37.5 Å². The van der Waals surface area contributed by atoms with Gasteiger partial charge in [0, 0.05) is 38.4 Å². The van der Waals surface area contributed by atoms with E-state index in [0.29, 0.717) is 0 Å². The molecule has 2 aliphatic heterocycles. The Morgan fingerprint density at radius 3 is 2.61 bits per heavy atom. The van der Waals surface area contributed by atoms with Gasteiger partial charge in [-0.1, -0.05) is 24.3 Å². The molecule has 0 aliphatic carbocycles. The molecular weight excluding hydrogens is 399 g/mol. The lowest BCUT2D eigenvalue weighted by Crippen LogP contribution is -2.39. The van der Waals surface area contributed by atoms with Crippen molar-refractivity contribution >= 4 is 35.6 Å². The second-order valence-electron chi connectivity index (χ2n) is 5.91. The van der Waals surface area contributed by atoms with Crippen LogP contribution in [0.1, 0.15) is 25.3 Å². The van der Waals surface area contributed by atoms with Crippen molar-refractivity contribution < 1.29 is 0 Å². The van der Waals surface area contributed by atoms with Crippen LogP contribution in [-0.4, -0.2) is 43.6 Å². The van der Waals surface area contributed by atoms with Gasteiger partial charge in [0.05, 0.1) is 6.54 Å². The Labute approximate surface area is 156 Å². The van der Waals surface area contributed by atoms with Gasteiger partial charge < -0.3 is 15.1 Å². The molecule has 1 fully saturated rings. The monoisotopic (exact) mass is 426 g/mol. The summed E-state index contributed by atoms with van der Waals surface area (Å²) < 4.78 is 0. The van der Waals surface area contributed by atoms with Gasteiger partial charge in [-0.15, -0.1) is 24.0 Å². The fraction of sp³-hybridized carbons (Fsp3) is 0.500. The SMILES string of the molecule is CCNC(=NCc1cccc(N2CC=CC2)c1)N1CCCC1.I. The largest absolute Gasteiger partial charge is 0.364 e. The zero-order valence-electron chi connectivity index (χ0n) is 13.9. The molecular formula is C18H27IN4. The van der Waals surface area contributed by atoms with E-state index in [1.807, 2.05) is 0 Å². The number of benzene rings is 1. The van der Waals surface area contributed by atoms with Gasteiger partial charge in [-0.2, -0.15) is 0 Å². The summed E-state index contributed by atoms with van der Waals surface area (Å²) in [4.78, 5) is 9.58. The van der Waals surface area contributed by atoms with E-state index in [2.05, 4.69) is 58.5 Å². The van der Waals surface area contributed by atoms with E-state index in [-0.39, 0.29) is 24.0 Å². The third-order valence-electron chi connectivity index (χ3n) is 4.25. The molecule has 0 bridgehead atoms. The second-order valence-corrected chi connectivity index (χ2v) is 5.91. The fourth-order valence-electron chi connectivity index (χ4n) is 3.06. The molecule has 0 unspecified atom stereocenters. The summed E-state index contributed by atoms with van der Waals surface area (Å²) in [6.07, 6.45) is 7.01. The summed E-state index contributed by atoms with van der Waals surface area (Å²) in [5.41, 5.74) is 2.57. The molecule has 1 aromatic rings. The summed E-state index contributed by atoms with van der Waals surface area (Å²) in [6, 6.07) is 8.77. The van der Waals surface area contributed by atoms with E-state index >= 15 is 0 Å². The van der Waals surface area contributed by atoms with Crippen molar-refractivity contribution in [2.75, 3.05) is 37.6 Å². The Balaban J connectivity index is 0.00000192. The van der Waals surface area contributed by atoms with Gasteiger partial charge in [0.1, 0.15) is 0 Å². The van der Waals surface area contributed by atoms with E-state index in [4.69, 9.17) is 4.99 Å². The quantitative estimate of drug-likeness (QED) is 0.347. The summed E-state index contributed by atoms with van der Waals surface area (Å²) in [5.74, 6) is 1.06. The van der Waals surface area contributed by atoms with Crippen LogP contribution in [-0.2, 0) is 6.54 Å². The first kappa shape index (κ1) is 18.1. The molecule has 1 N–H and O–H groups in total. The van der Waals surface area contributed by atoms with Crippen LogP contribution in [0.3, 0.4) is 0 Å². The Morgan fingerprint density at radius 1 is 1.17 bits per heavy atom. The Kier molecular flexibility index (Phi) is 7.20. The zero-order valence-corrected chi connectivity index (χ0v) is 16.2. The lowest BCUT2D eigenvalue weighted by molar-refractivity contribution is 0.493. The highest BCUT2D eigenvalue weighted by Gasteiger charge is 2.15. The molecule has 2 heterocycles. The third kappa shape index (κ3) is 4.86. The van der Waals surface area contributed by atoms with Gasteiger partial charge in [-0.25, -0.2) is 4.99 Å². The number of rotatable bonds is 4. The second kappa shape index (κ2) is 9.15. The van der Waals surface area contributed by atoms with Gasteiger partial charge >= 0.3 is 0 Å². The highest BCUT2D eigenvalue weighted by molar-refractivity contribution is 14.0. The van der Waals surface area contributed by atoms with E-state index in [0.717, 1.165) is 45.2 Å². The number of nitrogens with zero attached hydrogens (tertiary/aromatic N) is 3. The Morgan fingerprint density at radius 2 is 1.91 bits per heavy atom. The molecule has 0 amide bonds. The van der Waals surface area contributed by atoms with Crippen LogP contribution in [0.2, 0.25) is 0 Å². The van der Waals surface area contributed by atoms with E-state index in [9.17, 15) is 0 Å². The standard InChI is InChI=1S/C18H26N4.HI/c1-2-19-18(22-12-5-6-13-22)20-15-16-8-7-9-17(14-16)21-10-3-4-11-21;/h3-4,7-9,14H,2,5-6,10-13,15H2,1H3,(H,19,20);1H. The van der Waals surface area contributed by atoms with Gasteiger partial charge in [-0.3, -0.25) is 0 Å². The molecule has 0 saturated carbocycles. The van der Waals surface area contributed by atoms with Crippen LogP contribution in [0.25, 0.3) is 0 Å². The maximum Gasteiger partial charge on any atom is 0.194 e. The van der Waals surface area contributed by atoms with Crippen molar-refractivity contribution in [2.24, 2.45) is 4.99 Å². The van der Waals surface area contributed by atoms with Crippen molar-refractivity contribution in [1.82, 2.24) is 10.2 Å². The summed E-state index contributed by atoms with van der Waals surface area (Å²) in [5, 5.41) is 3.42. The molecule has 3 rings (SSSR count). The van der Waals surface area contributed by atoms with Gasteiger partial charge in [0.15, 0.2) is 5.96 Å². The first-order valence-corrected chi connectivity index (χ1v) is 8.39. The molecule has 5 heteroatoms. The van der Waals surface area contributed by atoms with Gasteiger partial charge in [0.25, 0.3) is 0 Å². The van der Waals surface area contributed by atoms with E-state index in [1.54, 1.807) is 0 Å². The van der Waals surface area contributed by atoms with Crippen molar-refractivity contribution in [1.29, 1.82) is 0 Å². The maximum atomic E-state index is 4.83. The first-order valence-electron chi connectivity index (χ1n) is 8.39. The van der Waals surface area contributed by atoms with E-state index in [1.165, 1.54) is 24.1 Å². The molecule has 23 heavy (non-hydrogen) atoms. The molecule has 1 aromatic carbocycles. The topological polar surface area (TPSA) is 30.9 Å². The van der Waals surface area contributed by atoms with E-state index < -0.39 is 0 Å². The number of likely N-dealkylation sites (tertiary alicyclic amines) is 1. The molecule has 1 saturated heterocycles. The summed E-state index contributed by atoms with van der Waals surface area (Å²) in [7, 11) is 0. The number of guanidine groups is 1.